The fourth-order valence-electron chi connectivity index (χ4n) is 1.96. The topological polar surface area (TPSA) is 81.4 Å². The molecule has 0 radical (unpaired) electrons. The van der Waals surface area contributed by atoms with Crippen molar-refractivity contribution in [2.45, 2.75) is 46.3 Å². The van der Waals surface area contributed by atoms with Gasteiger partial charge in [-0.15, -0.1) is 0 Å². The summed E-state index contributed by atoms with van der Waals surface area (Å²) in [4.78, 5) is 21.0. The number of carbonyl (C=O) groups excluding carboxylic acids is 1. The molecule has 0 fully saturated rings. The van der Waals surface area contributed by atoms with Gasteiger partial charge in [-0.05, 0) is 27.2 Å². The molecule has 104 valence electrons. The van der Waals surface area contributed by atoms with Crippen molar-refractivity contribution in [3.63, 3.8) is 0 Å². The Balaban J connectivity index is 1.67. The van der Waals surface area contributed by atoms with Crippen molar-refractivity contribution >= 4 is 11.6 Å². The summed E-state index contributed by atoms with van der Waals surface area (Å²) in [7, 11) is 0. The molecule has 1 N–H and O–H groups in total. The van der Waals surface area contributed by atoms with E-state index in [4.69, 9.17) is 4.84 Å². The molecule has 2 heterocycles. The Morgan fingerprint density at radius 3 is 2.84 bits per heavy atom. The predicted octanol–water partition coefficient (Wildman–Crippen LogP) is 0.566. The number of carbonyl (C=O) groups is 1. The fraction of sp³-hybridized carbons (Fsp3) is 0.667. The highest BCUT2D eigenvalue weighted by molar-refractivity contribution is 5.91. The molecule has 1 atom stereocenters. The summed E-state index contributed by atoms with van der Waals surface area (Å²) < 4.78 is 1.85. The lowest BCUT2D eigenvalue weighted by Gasteiger charge is -2.09. The third kappa shape index (κ3) is 3.52. The second kappa shape index (κ2) is 5.81. The van der Waals surface area contributed by atoms with Gasteiger partial charge < -0.3 is 10.2 Å². The Hall–Kier alpha value is -1.92. The van der Waals surface area contributed by atoms with Crippen molar-refractivity contribution < 1.29 is 9.63 Å². The van der Waals surface area contributed by atoms with Crippen LogP contribution in [0.25, 0.3) is 0 Å². The average molecular weight is 265 g/mol. The van der Waals surface area contributed by atoms with Crippen LogP contribution in [0.1, 0.15) is 31.4 Å². The maximum Gasteiger partial charge on any atom is 0.264 e. The average Bonchev–Trinajstić information content (AvgIpc) is 2.91. The number of nitrogens with one attached hydrogen (secondary N) is 1. The van der Waals surface area contributed by atoms with E-state index in [1.807, 2.05) is 25.5 Å². The zero-order valence-corrected chi connectivity index (χ0v) is 11.5. The minimum atomic E-state index is -0.463. The van der Waals surface area contributed by atoms with Gasteiger partial charge in [-0.1, -0.05) is 5.16 Å². The molecular weight excluding hydrogens is 246 g/mol. The van der Waals surface area contributed by atoms with Gasteiger partial charge in [0, 0.05) is 19.5 Å². The number of amides is 1. The van der Waals surface area contributed by atoms with Crippen molar-refractivity contribution in [2.24, 2.45) is 5.16 Å². The molecule has 0 spiro atoms. The summed E-state index contributed by atoms with van der Waals surface area (Å²) in [5, 5.41) is 10.9. The highest BCUT2D eigenvalue weighted by atomic mass is 16.6. The third-order valence-electron chi connectivity index (χ3n) is 2.92. The smallest absolute Gasteiger partial charge is 0.264 e. The first-order valence-electron chi connectivity index (χ1n) is 6.41. The minimum absolute atomic E-state index is 0.105. The minimum Gasteiger partial charge on any atom is -0.382 e. The normalized spacial score (nSPS) is 18.1. The summed E-state index contributed by atoms with van der Waals surface area (Å²) in [6.45, 7) is 6.98. The number of hydrogen-bond acceptors (Lipinski definition) is 5. The summed E-state index contributed by atoms with van der Waals surface area (Å²) in [6, 6.07) is 0. The molecular formula is C12H19N5O2. The van der Waals surface area contributed by atoms with E-state index in [2.05, 4.69) is 20.6 Å². The van der Waals surface area contributed by atoms with Gasteiger partial charge in [-0.3, -0.25) is 9.48 Å². The number of nitrogens with zero attached hydrogens (tertiary/aromatic N) is 4. The van der Waals surface area contributed by atoms with Gasteiger partial charge in [0.25, 0.3) is 5.91 Å². The van der Waals surface area contributed by atoms with Gasteiger partial charge in [0.1, 0.15) is 11.6 Å². The molecule has 0 saturated carbocycles. The van der Waals surface area contributed by atoms with E-state index < -0.39 is 6.10 Å². The van der Waals surface area contributed by atoms with Gasteiger partial charge in [-0.2, -0.15) is 5.10 Å². The fourth-order valence-corrected chi connectivity index (χ4v) is 1.96. The quantitative estimate of drug-likeness (QED) is 0.789. The lowest BCUT2D eigenvalue weighted by Crippen LogP contribution is -2.35. The van der Waals surface area contributed by atoms with E-state index in [1.165, 1.54) is 0 Å². The molecule has 1 aromatic heterocycles. The highest BCUT2D eigenvalue weighted by Gasteiger charge is 2.25. The Bertz CT molecular complexity index is 494. The van der Waals surface area contributed by atoms with Crippen LogP contribution in [0.4, 0.5) is 0 Å². The van der Waals surface area contributed by atoms with Crippen LogP contribution in [0.2, 0.25) is 0 Å². The van der Waals surface area contributed by atoms with Crippen molar-refractivity contribution in [1.82, 2.24) is 20.1 Å². The van der Waals surface area contributed by atoms with Crippen LogP contribution in [0.3, 0.4) is 0 Å². The maximum absolute atomic E-state index is 11.7. The summed E-state index contributed by atoms with van der Waals surface area (Å²) in [5.41, 5.74) is 0.855. The van der Waals surface area contributed by atoms with Crippen LogP contribution in [0.5, 0.6) is 0 Å². The van der Waals surface area contributed by atoms with E-state index in [-0.39, 0.29) is 5.91 Å². The Morgan fingerprint density at radius 1 is 1.47 bits per heavy atom. The van der Waals surface area contributed by atoms with Crippen molar-refractivity contribution in [1.29, 1.82) is 0 Å². The molecule has 0 aliphatic carbocycles. The third-order valence-corrected chi connectivity index (χ3v) is 2.92. The molecule has 1 aromatic rings. The maximum atomic E-state index is 11.7. The number of aryl methyl sites for hydroxylation is 3. The Morgan fingerprint density at radius 2 is 2.26 bits per heavy atom. The van der Waals surface area contributed by atoms with E-state index in [0.29, 0.717) is 13.0 Å². The highest BCUT2D eigenvalue weighted by Crippen LogP contribution is 2.09. The zero-order valence-electron chi connectivity index (χ0n) is 11.5. The number of hydrogen-bond donors (Lipinski definition) is 1. The molecule has 0 unspecified atom stereocenters. The number of oxime groups is 1. The van der Waals surface area contributed by atoms with Gasteiger partial charge in [0.15, 0.2) is 0 Å². The first-order valence-corrected chi connectivity index (χ1v) is 6.41. The van der Waals surface area contributed by atoms with Crippen LogP contribution in [0.15, 0.2) is 5.16 Å². The van der Waals surface area contributed by atoms with Crippen molar-refractivity contribution in [2.75, 3.05) is 6.54 Å². The van der Waals surface area contributed by atoms with E-state index in [0.717, 1.165) is 30.3 Å². The molecule has 0 aromatic carbocycles. The van der Waals surface area contributed by atoms with E-state index in [1.54, 1.807) is 0 Å². The van der Waals surface area contributed by atoms with Crippen LogP contribution in [0, 0.1) is 13.8 Å². The summed E-state index contributed by atoms with van der Waals surface area (Å²) >= 11 is 0. The molecule has 1 aliphatic heterocycles. The summed E-state index contributed by atoms with van der Waals surface area (Å²) in [6.07, 6.45) is 0.921. The standard InChI is InChI=1S/C12H19N5O2/c1-8-7-11(19-16-8)12(18)13-5-4-6-17-10(3)14-9(2)15-17/h11H,4-7H2,1-3H3,(H,13,18)/t11-/m0/s1. The molecule has 0 saturated heterocycles. The Labute approximate surface area is 112 Å². The summed E-state index contributed by atoms with van der Waals surface area (Å²) in [5.74, 6) is 1.56. The number of rotatable bonds is 5. The monoisotopic (exact) mass is 265 g/mol. The molecule has 1 amide bonds. The van der Waals surface area contributed by atoms with Crippen LogP contribution >= 0.6 is 0 Å². The lowest BCUT2D eigenvalue weighted by molar-refractivity contribution is -0.131. The molecule has 1 aliphatic rings. The van der Waals surface area contributed by atoms with Gasteiger partial charge in [-0.25, -0.2) is 4.98 Å². The van der Waals surface area contributed by atoms with E-state index in [9.17, 15) is 4.79 Å². The Kier molecular flexibility index (Phi) is 4.13. The molecule has 7 heteroatoms. The molecule has 7 nitrogen and oxygen atoms in total. The predicted molar refractivity (Wildman–Crippen MR) is 69.7 cm³/mol. The molecule has 19 heavy (non-hydrogen) atoms. The molecule has 2 rings (SSSR count). The number of aromatic nitrogens is 3. The second-order valence-corrected chi connectivity index (χ2v) is 4.70. The SMILES string of the molecule is CC1=NO[C@H](C(=O)NCCCn2nc(C)nc2C)C1. The van der Waals surface area contributed by atoms with Crippen LogP contribution in [-0.2, 0) is 16.2 Å². The lowest BCUT2D eigenvalue weighted by atomic mass is 10.2. The first kappa shape index (κ1) is 13.5. The van der Waals surface area contributed by atoms with Gasteiger partial charge in [0.05, 0.1) is 5.71 Å². The largest absolute Gasteiger partial charge is 0.382 e. The second-order valence-electron chi connectivity index (χ2n) is 4.70. The van der Waals surface area contributed by atoms with Gasteiger partial charge >= 0.3 is 0 Å². The van der Waals surface area contributed by atoms with Crippen molar-refractivity contribution in [3.8, 4) is 0 Å². The van der Waals surface area contributed by atoms with Gasteiger partial charge in [0.2, 0.25) is 6.10 Å². The van der Waals surface area contributed by atoms with Crippen LogP contribution in [-0.4, -0.2) is 39.0 Å². The van der Waals surface area contributed by atoms with E-state index >= 15 is 0 Å². The van der Waals surface area contributed by atoms with Crippen LogP contribution < -0.4 is 5.32 Å². The first-order chi connectivity index (χ1) is 9.06. The van der Waals surface area contributed by atoms with Crippen molar-refractivity contribution in [3.05, 3.63) is 11.6 Å². The zero-order chi connectivity index (χ0) is 13.8. The molecule has 0 bridgehead atoms.